The first-order chi connectivity index (χ1) is 9.88. The summed E-state index contributed by atoms with van der Waals surface area (Å²) in [5.74, 6) is -2.96. The highest BCUT2D eigenvalue weighted by Gasteiger charge is 2.27. The minimum absolute atomic E-state index is 0.105. The summed E-state index contributed by atoms with van der Waals surface area (Å²) in [5, 5.41) is 11.3. The number of amides is 2. The number of carboxylic acid groups (broad SMARTS) is 1. The molecule has 1 aliphatic rings. The lowest BCUT2D eigenvalue weighted by Crippen LogP contribution is -2.42. The number of aliphatic carboxylic acids is 1. The number of rotatable bonds is 2. The van der Waals surface area contributed by atoms with Gasteiger partial charge >= 0.3 is 12.0 Å². The van der Waals surface area contributed by atoms with Gasteiger partial charge in [0.05, 0.1) is 11.6 Å². The van der Waals surface area contributed by atoms with Crippen LogP contribution in [0, 0.1) is 17.6 Å². The zero-order valence-electron chi connectivity index (χ0n) is 10.9. The van der Waals surface area contributed by atoms with Gasteiger partial charge in [0.25, 0.3) is 0 Å². The maximum absolute atomic E-state index is 13.6. The predicted octanol–water partition coefficient (Wildman–Crippen LogP) is 3.06. The van der Waals surface area contributed by atoms with E-state index >= 15 is 0 Å². The second-order valence-corrected chi connectivity index (χ2v) is 5.63. The quantitative estimate of drug-likeness (QED) is 0.849. The largest absolute Gasteiger partial charge is 0.481 e. The monoisotopic (exact) mass is 362 g/mol. The molecule has 21 heavy (non-hydrogen) atoms. The van der Waals surface area contributed by atoms with Crippen LogP contribution in [0.2, 0.25) is 0 Å². The Balaban J connectivity index is 2.01. The Kier molecular flexibility index (Phi) is 4.76. The van der Waals surface area contributed by atoms with Crippen molar-refractivity contribution in [3.05, 3.63) is 28.2 Å². The van der Waals surface area contributed by atoms with Crippen LogP contribution in [-0.4, -0.2) is 35.1 Å². The molecule has 0 saturated carbocycles. The van der Waals surface area contributed by atoms with Crippen LogP contribution < -0.4 is 5.32 Å². The van der Waals surface area contributed by atoms with Gasteiger partial charge in [-0.05, 0) is 34.8 Å². The number of carbonyl (C=O) groups excluding carboxylic acids is 1. The highest BCUT2D eigenvalue weighted by atomic mass is 79.9. The number of hydrogen-bond donors (Lipinski definition) is 2. The first-order valence-corrected chi connectivity index (χ1v) is 7.11. The van der Waals surface area contributed by atoms with Gasteiger partial charge in [0.15, 0.2) is 5.82 Å². The lowest BCUT2D eigenvalue weighted by atomic mass is 9.97. The van der Waals surface area contributed by atoms with Crippen molar-refractivity contribution >= 4 is 33.6 Å². The third-order valence-electron chi connectivity index (χ3n) is 3.37. The Labute approximate surface area is 128 Å². The van der Waals surface area contributed by atoms with Crippen molar-refractivity contribution < 1.29 is 23.5 Å². The van der Waals surface area contributed by atoms with Gasteiger partial charge in [-0.15, -0.1) is 0 Å². The Morgan fingerprint density at radius 3 is 2.43 bits per heavy atom. The molecule has 0 spiro atoms. The molecule has 1 fully saturated rings. The summed E-state index contributed by atoms with van der Waals surface area (Å²) in [5.41, 5.74) is -0.137. The van der Waals surface area contributed by atoms with Crippen molar-refractivity contribution in [3.8, 4) is 0 Å². The van der Waals surface area contributed by atoms with Crippen molar-refractivity contribution in [2.45, 2.75) is 12.8 Å². The lowest BCUT2D eigenvalue weighted by molar-refractivity contribution is -0.143. The van der Waals surface area contributed by atoms with Crippen molar-refractivity contribution in [1.82, 2.24) is 4.90 Å². The number of halogens is 3. The van der Waals surface area contributed by atoms with Gasteiger partial charge in [0.2, 0.25) is 0 Å². The average Bonchev–Trinajstić information content (AvgIpc) is 2.42. The van der Waals surface area contributed by atoms with Crippen LogP contribution in [0.5, 0.6) is 0 Å². The van der Waals surface area contributed by atoms with E-state index in [9.17, 15) is 18.4 Å². The zero-order chi connectivity index (χ0) is 15.6. The fourth-order valence-corrected chi connectivity index (χ4v) is 2.68. The summed E-state index contributed by atoms with van der Waals surface area (Å²) in [4.78, 5) is 24.3. The van der Waals surface area contributed by atoms with E-state index in [-0.39, 0.29) is 23.2 Å². The van der Waals surface area contributed by atoms with Crippen LogP contribution >= 0.6 is 15.9 Å². The number of nitrogens with one attached hydrogen (secondary N) is 1. The van der Waals surface area contributed by atoms with Gasteiger partial charge in [-0.25, -0.2) is 13.6 Å². The summed E-state index contributed by atoms with van der Waals surface area (Å²) in [7, 11) is 0. The summed E-state index contributed by atoms with van der Waals surface area (Å²) in [6, 6.07) is 1.19. The maximum Gasteiger partial charge on any atom is 0.321 e. The molecule has 0 bridgehead atoms. The molecule has 0 atom stereocenters. The molecule has 0 unspecified atom stereocenters. The Bertz CT molecular complexity index is 552. The summed E-state index contributed by atoms with van der Waals surface area (Å²) in [6.07, 6.45) is 0.714. The lowest BCUT2D eigenvalue weighted by Gasteiger charge is -2.30. The molecule has 2 amide bonds. The summed E-state index contributed by atoms with van der Waals surface area (Å²) >= 11 is 2.99. The molecule has 2 rings (SSSR count). The van der Waals surface area contributed by atoms with E-state index < -0.39 is 29.6 Å². The van der Waals surface area contributed by atoms with E-state index in [0.29, 0.717) is 18.9 Å². The molecule has 5 nitrogen and oxygen atoms in total. The third-order valence-corrected chi connectivity index (χ3v) is 4.00. The van der Waals surface area contributed by atoms with E-state index in [1.807, 2.05) is 0 Å². The molecule has 114 valence electrons. The van der Waals surface area contributed by atoms with E-state index in [0.717, 1.165) is 6.07 Å². The van der Waals surface area contributed by atoms with Crippen LogP contribution in [0.25, 0.3) is 0 Å². The molecule has 0 aliphatic carbocycles. The van der Waals surface area contributed by atoms with Crippen molar-refractivity contribution in [1.29, 1.82) is 0 Å². The Morgan fingerprint density at radius 1 is 1.29 bits per heavy atom. The molecule has 1 saturated heterocycles. The molecule has 1 aromatic carbocycles. The van der Waals surface area contributed by atoms with Crippen LogP contribution in [0.15, 0.2) is 16.6 Å². The average molecular weight is 363 g/mol. The fraction of sp³-hybridized carbons (Fsp3) is 0.385. The summed E-state index contributed by atoms with van der Waals surface area (Å²) in [6.45, 7) is 0.562. The number of benzene rings is 1. The second-order valence-electron chi connectivity index (χ2n) is 4.77. The standard InChI is InChI=1S/C13H13BrF2N2O3/c14-9-5-8(15)6-10(16)11(9)17-13(21)18-3-1-7(2-4-18)12(19)20/h5-7H,1-4H2,(H,17,21)(H,19,20). The number of carbonyl (C=O) groups is 2. The molecule has 1 aliphatic heterocycles. The SMILES string of the molecule is O=C(O)C1CCN(C(=O)Nc2c(F)cc(F)cc2Br)CC1. The predicted molar refractivity (Wildman–Crippen MR) is 75.0 cm³/mol. The third kappa shape index (κ3) is 3.69. The molecule has 1 aromatic rings. The number of piperidine rings is 1. The van der Waals surface area contributed by atoms with E-state index in [1.54, 1.807) is 0 Å². The molecule has 1 heterocycles. The first-order valence-electron chi connectivity index (χ1n) is 6.31. The minimum Gasteiger partial charge on any atom is -0.481 e. The van der Waals surface area contributed by atoms with Gasteiger partial charge in [0.1, 0.15) is 5.82 Å². The van der Waals surface area contributed by atoms with Crippen LogP contribution in [-0.2, 0) is 4.79 Å². The van der Waals surface area contributed by atoms with E-state index in [2.05, 4.69) is 21.2 Å². The normalized spacial score (nSPS) is 15.9. The highest BCUT2D eigenvalue weighted by molar-refractivity contribution is 9.10. The van der Waals surface area contributed by atoms with Gasteiger partial charge in [-0.2, -0.15) is 0 Å². The molecular formula is C13H13BrF2N2O3. The van der Waals surface area contributed by atoms with Crippen molar-refractivity contribution in [2.75, 3.05) is 18.4 Å². The number of anilines is 1. The second kappa shape index (κ2) is 6.38. The van der Waals surface area contributed by atoms with Crippen LogP contribution in [0.1, 0.15) is 12.8 Å². The van der Waals surface area contributed by atoms with Crippen molar-refractivity contribution in [3.63, 3.8) is 0 Å². The zero-order valence-corrected chi connectivity index (χ0v) is 12.5. The minimum atomic E-state index is -0.879. The smallest absolute Gasteiger partial charge is 0.321 e. The maximum atomic E-state index is 13.6. The van der Waals surface area contributed by atoms with E-state index in [1.165, 1.54) is 4.90 Å². The molecule has 0 radical (unpaired) electrons. The van der Waals surface area contributed by atoms with Gasteiger partial charge < -0.3 is 15.3 Å². The molecule has 2 N–H and O–H groups in total. The molecule has 0 aromatic heterocycles. The van der Waals surface area contributed by atoms with Gasteiger partial charge in [-0.1, -0.05) is 0 Å². The summed E-state index contributed by atoms with van der Waals surface area (Å²) < 4.78 is 26.7. The Hall–Kier alpha value is -1.70. The van der Waals surface area contributed by atoms with Crippen molar-refractivity contribution in [2.24, 2.45) is 5.92 Å². The molecule has 8 heteroatoms. The molecular weight excluding hydrogens is 350 g/mol. The first kappa shape index (κ1) is 15.7. The topological polar surface area (TPSA) is 69.6 Å². The van der Waals surface area contributed by atoms with Gasteiger partial charge in [0, 0.05) is 23.6 Å². The van der Waals surface area contributed by atoms with E-state index in [4.69, 9.17) is 5.11 Å². The van der Waals surface area contributed by atoms with Crippen LogP contribution in [0.4, 0.5) is 19.3 Å². The van der Waals surface area contributed by atoms with Crippen LogP contribution in [0.3, 0.4) is 0 Å². The Morgan fingerprint density at radius 2 is 1.90 bits per heavy atom. The highest BCUT2D eigenvalue weighted by Crippen LogP contribution is 2.27. The number of nitrogens with zero attached hydrogens (tertiary/aromatic N) is 1. The number of urea groups is 1. The number of carboxylic acids is 1. The number of likely N-dealkylation sites (tertiary alicyclic amines) is 1. The number of hydrogen-bond acceptors (Lipinski definition) is 2. The fourth-order valence-electron chi connectivity index (χ4n) is 2.18. The van der Waals surface area contributed by atoms with Gasteiger partial charge in [-0.3, -0.25) is 4.79 Å².